The molecule has 3 fully saturated rings. The molecule has 2 aliphatic carbocycles. The molecule has 3 heterocycles. The van der Waals surface area contributed by atoms with Crippen molar-refractivity contribution in [3.8, 4) is 11.5 Å². The summed E-state index contributed by atoms with van der Waals surface area (Å²) in [6.45, 7) is 1.71. The molecule has 12 nitrogen and oxygen atoms in total. The van der Waals surface area contributed by atoms with E-state index in [1.54, 1.807) is 23.9 Å². The summed E-state index contributed by atoms with van der Waals surface area (Å²) in [5.74, 6) is -1.56. The Morgan fingerprint density at radius 2 is 1.78 bits per heavy atom. The second-order valence-electron chi connectivity index (χ2n) is 12.9. The maximum Gasteiger partial charge on any atom is 0.305 e. The van der Waals surface area contributed by atoms with Crippen molar-refractivity contribution in [3.63, 3.8) is 0 Å². The monoisotopic (exact) mass is 698 g/mol. The molecule has 7 atom stereocenters. The lowest BCUT2D eigenvalue weighted by molar-refractivity contribution is -0.384. The van der Waals surface area contributed by atoms with Gasteiger partial charge in [0.1, 0.15) is 0 Å². The van der Waals surface area contributed by atoms with Crippen LogP contribution in [0.25, 0.3) is 0 Å². The van der Waals surface area contributed by atoms with E-state index in [2.05, 4.69) is 10.3 Å². The number of aromatic nitrogens is 1. The van der Waals surface area contributed by atoms with Crippen LogP contribution in [-0.4, -0.2) is 46.6 Å². The zero-order valence-corrected chi connectivity index (χ0v) is 27.9. The van der Waals surface area contributed by atoms with E-state index in [1.807, 2.05) is 37.3 Å². The topological polar surface area (TPSA) is 161 Å². The van der Waals surface area contributed by atoms with Crippen molar-refractivity contribution in [2.45, 2.75) is 29.5 Å². The minimum Gasteiger partial charge on any atom is -0.493 e. The Bertz CT molecular complexity index is 2100. The number of hydrogen-bond acceptors (Lipinski definition) is 10. The van der Waals surface area contributed by atoms with Gasteiger partial charge in [0.25, 0.3) is 11.6 Å². The lowest BCUT2D eigenvalue weighted by Gasteiger charge is -2.43. The van der Waals surface area contributed by atoms with E-state index in [0.717, 1.165) is 32.4 Å². The van der Waals surface area contributed by atoms with Gasteiger partial charge >= 0.3 is 4.87 Å². The molecule has 4 aromatic rings. The average molecular weight is 699 g/mol. The number of thioether (sulfide) groups is 1. The highest BCUT2D eigenvalue weighted by molar-refractivity contribution is 8.00. The summed E-state index contributed by atoms with van der Waals surface area (Å²) in [6.07, 6.45) is 0.716. The predicted molar refractivity (Wildman–Crippen MR) is 182 cm³/mol. The van der Waals surface area contributed by atoms with Gasteiger partial charge in [-0.25, -0.2) is 0 Å². The number of aromatic amines is 1. The van der Waals surface area contributed by atoms with E-state index in [4.69, 9.17) is 9.47 Å². The van der Waals surface area contributed by atoms with Crippen LogP contribution in [0, 0.1) is 46.6 Å². The lowest BCUT2D eigenvalue weighted by Crippen LogP contribution is -2.42. The number of thiazole rings is 1. The molecule has 0 spiro atoms. The van der Waals surface area contributed by atoms with Gasteiger partial charge in [-0.3, -0.25) is 34.2 Å². The number of H-pyrrole nitrogens is 1. The van der Waals surface area contributed by atoms with Crippen LogP contribution in [0.5, 0.6) is 11.5 Å². The van der Waals surface area contributed by atoms with Gasteiger partial charge in [0.05, 0.1) is 34.6 Å². The number of fused-ring (bicyclic) bond motifs is 9. The number of carbonyl (C=O) groups is 3. The minimum atomic E-state index is -0.523. The Balaban J connectivity index is 1.08. The van der Waals surface area contributed by atoms with Crippen molar-refractivity contribution in [1.29, 1.82) is 0 Å². The molecule has 1 aromatic heterocycles. The summed E-state index contributed by atoms with van der Waals surface area (Å²) in [5, 5.41) is 14.8. The summed E-state index contributed by atoms with van der Waals surface area (Å²) in [7, 11) is 1.52. The van der Waals surface area contributed by atoms with Gasteiger partial charge in [-0.15, -0.1) is 11.8 Å². The summed E-state index contributed by atoms with van der Waals surface area (Å²) in [4.78, 5) is 68.8. The molecule has 2 bridgehead atoms. The second-order valence-corrected chi connectivity index (χ2v) is 15.1. The van der Waals surface area contributed by atoms with Crippen LogP contribution in [0.2, 0.25) is 0 Å². The van der Waals surface area contributed by atoms with Crippen molar-refractivity contribution >= 4 is 57.9 Å². The average Bonchev–Trinajstić information content (AvgIpc) is 3.82. The summed E-state index contributed by atoms with van der Waals surface area (Å²) in [5.41, 5.74) is 2.79. The predicted octanol–water partition coefficient (Wildman–Crippen LogP) is 5.36. The van der Waals surface area contributed by atoms with Crippen molar-refractivity contribution in [2.75, 3.05) is 23.9 Å². The van der Waals surface area contributed by atoms with E-state index in [9.17, 15) is 29.3 Å². The Hall–Kier alpha value is -4.95. The molecule has 0 radical (unpaired) electrons. The third-order valence-corrected chi connectivity index (χ3v) is 12.8. The smallest absolute Gasteiger partial charge is 0.305 e. The number of nitro benzene ring substituents is 1. The number of carbonyl (C=O) groups excluding carboxylic acids is 3. The molecular formula is C35H30N4O8S2. The van der Waals surface area contributed by atoms with Gasteiger partial charge in [-0.1, -0.05) is 29.5 Å². The number of nitrogens with zero attached hydrogens (tertiary/aromatic N) is 2. The molecule has 14 heteroatoms. The Kier molecular flexibility index (Phi) is 7.59. The third-order valence-electron chi connectivity index (χ3n) is 10.3. The van der Waals surface area contributed by atoms with Crippen LogP contribution < -0.4 is 24.6 Å². The highest BCUT2D eigenvalue weighted by Gasteiger charge is 2.69. The summed E-state index contributed by atoms with van der Waals surface area (Å²) < 4.78 is 11.6. The van der Waals surface area contributed by atoms with Gasteiger partial charge in [0.2, 0.25) is 11.8 Å². The van der Waals surface area contributed by atoms with E-state index >= 15 is 0 Å². The molecule has 3 amide bonds. The maximum absolute atomic E-state index is 14.0. The maximum atomic E-state index is 14.0. The minimum absolute atomic E-state index is 0.0187. The summed E-state index contributed by atoms with van der Waals surface area (Å²) >= 11 is 2.74. The zero-order chi connectivity index (χ0) is 34.1. The number of nitro groups is 1. The molecule has 4 aliphatic rings. The SMILES string of the molecule is COc1cc([C@H]2c3sc(=O)[nH]c3SC3C4CC(C5C(=O)N(c6ccc([N+](=O)[O-])cc6)C(=O)C45)C32)ccc1OCC(=O)Nc1cccc(C)c1. The standard InChI is InChI=1S/C35H30N4O8S2/c1-16-4-3-5-18(12-16)36-25(40)15-47-23-11-6-17(13-24(23)46-2)26-27-21-14-22(30(27)48-32-31(26)49-35(43)37-32)29-28(21)33(41)38(34(29)42)19-7-9-20(10-8-19)39(44)45/h3-13,21-22,26-30H,14-15H2,1-2H3,(H,36,40)(H,37,43)/t21?,22?,26-,27?,28?,29?,30?/m1/s1. The molecule has 49 heavy (non-hydrogen) atoms. The molecule has 8 rings (SSSR count). The Morgan fingerprint density at radius 3 is 2.49 bits per heavy atom. The van der Waals surface area contributed by atoms with Crippen molar-refractivity contribution < 1.29 is 28.8 Å². The van der Waals surface area contributed by atoms with Crippen LogP contribution in [0.15, 0.2) is 76.6 Å². The zero-order valence-electron chi connectivity index (χ0n) is 26.3. The summed E-state index contributed by atoms with van der Waals surface area (Å²) in [6, 6.07) is 18.5. The van der Waals surface area contributed by atoms with Gasteiger partial charge in [0.15, 0.2) is 18.1 Å². The molecule has 2 saturated carbocycles. The molecule has 250 valence electrons. The fraction of sp³-hybridized carbons (Fsp3) is 0.314. The molecule has 6 unspecified atom stereocenters. The number of non-ortho nitro benzene ring substituents is 1. The van der Waals surface area contributed by atoms with Crippen LogP contribution in [-0.2, 0) is 14.4 Å². The van der Waals surface area contributed by atoms with Crippen LogP contribution >= 0.6 is 23.1 Å². The van der Waals surface area contributed by atoms with Crippen molar-refractivity contribution in [2.24, 2.45) is 29.6 Å². The second kappa shape index (κ2) is 11.9. The lowest BCUT2D eigenvalue weighted by atomic mass is 9.68. The van der Waals surface area contributed by atoms with E-state index in [0.29, 0.717) is 29.3 Å². The number of aryl methyl sites for hydroxylation is 1. The number of hydrogen-bond donors (Lipinski definition) is 2. The number of rotatable bonds is 8. The van der Waals surface area contributed by atoms with Crippen LogP contribution in [0.4, 0.5) is 17.1 Å². The van der Waals surface area contributed by atoms with Gasteiger partial charge in [0, 0.05) is 33.9 Å². The van der Waals surface area contributed by atoms with Gasteiger partial charge in [-0.2, -0.15) is 0 Å². The van der Waals surface area contributed by atoms with Gasteiger partial charge in [-0.05, 0) is 78.6 Å². The highest BCUT2D eigenvalue weighted by atomic mass is 32.2. The molecule has 2 N–H and O–H groups in total. The number of methoxy groups -OCH3 is 1. The quantitative estimate of drug-likeness (QED) is 0.140. The number of benzene rings is 3. The van der Waals surface area contributed by atoms with Crippen LogP contribution in [0.3, 0.4) is 0 Å². The van der Waals surface area contributed by atoms with Crippen LogP contribution in [0.1, 0.15) is 28.3 Å². The first-order chi connectivity index (χ1) is 23.6. The molecule has 2 aliphatic heterocycles. The van der Waals surface area contributed by atoms with E-state index in [-0.39, 0.29) is 63.8 Å². The highest BCUT2D eigenvalue weighted by Crippen LogP contribution is 2.68. The van der Waals surface area contributed by atoms with Gasteiger partial charge < -0.3 is 19.8 Å². The fourth-order valence-electron chi connectivity index (χ4n) is 8.43. The first kappa shape index (κ1) is 31.3. The number of anilines is 2. The van der Waals surface area contributed by atoms with E-state index in [1.165, 1.54) is 36.3 Å². The van der Waals surface area contributed by atoms with Crippen molar-refractivity contribution in [3.05, 3.63) is 103 Å². The normalized spacial score (nSPS) is 26.2. The third kappa shape index (κ3) is 5.12. The largest absolute Gasteiger partial charge is 0.493 e. The first-order valence-corrected chi connectivity index (χ1v) is 17.5. The van der Waals surface area contributed by atoms with Crippen molar-refractivity contribution in [1.82, 2.24) is 4.98 Å². The number of imide groups is 1. The molecular weight excluding hydrogens is 669 g/mol. The first-order valence-electron chi connectivity index (χ1n) is 15.8. The Morgan fingerprint density at radius 1 is 1.02 bits per heavy atom. The van der Waals surface area contributed by atoms with E-state index < -0.39 is 16.8 Å². The number of nitrogens with one attached hydrogen (secondary N) is 2. The fourth-order valence-corrected chi connectivity index (χ4v) is 11.3. The number of amides is 3. The number of ether oxygens (including phenoxy) is 2. The molecule has 1 saturated heterocycles. The Labute approximate surface area is 288 Å². The molecule has 3 aromatic carbocycles.